The van der Waals surface area contributed by atoms with Crippen molar-refractivity contribution in [3.8, 4) is 0 Å². The van der Waals surface area contributed by atoms with Crippen molar-refractivity contribution in [2.75, 3.05) is 20.6 Å². The number of benzene rings is 1. The Kier molecular flexibility index (Phi) is 9.55. The van der Waals surface area contributed by atoms with E-state index >= 15 is 0 Å². The van der Waals surface area contributed by atoms with Crippen molar-refractivity contribution < 1.29 is 4.39 Å². The topological polar surface area (TPSA) is 27.6 Å². The average Bonchev–Trinajstić information content (AvgIpc) is 2.37. The standard InChI is InChI=1S/C14H22FN3.HI/c1-4-5-10-17-14(16-2)18(3)11-12-6-8-13(15)9-7-12;/h6-9H,4-5,10-11H2,1-3H3,(H,16,17);1H. The molecule has 0 atom stereocenters. The highest BCUT2D eigenvalue weighted by molar-refractivity contribution is 14.0. The Morgan fingerprint density at radius 2 is 1.95 bits per heavy atom. The molecule has 0 saturated heterocycles. The Morgan fingerprint density at radius 3 is 2.47 bits per heavy atom. The second kappa shape index (κ2) is 10.00. The van der Waals surface area contributed by atoms with Crippen molar-refractivity contribution >= 4 is 29.9 Å². The lowest BCUT2D eigenvalue weighted by Gasteiger charge is -2.22. The van der Waals surface area contributed by atoms with Crippen molar-refractivity contribution in [2.24, 2.45) is 4.99 Å². The Bertz CT molecular complexity index is 379. The van der Waals surface area contributed by atoms with Gasteiger partial charge < -0.3 is 10.2 Å². The molecular formula is C14H23FIN3. The fourth-order valence-corrected chi connectivity index (χ4v) is 1.70. The van der Waals surface area contributed by atoms with Crippen LogP contribution in [0.5, 0.6) is 0 Å². The van der Waals surface area contributed by atoms with Crippen molar-refractivity contribution in [2.45, 2.75) is 26.3 Å². The van der Waals surface area contributed by atoms with Crippen LogP contribution >= 0.6 is 24.0 Å². The normalized spacial score (nSPS) is 10.8. The maximum absolute atomic E-state index is 12.8. The number of hydrogen-bond donors (Lipinski definition) is 1. The highest BCUT2D eigenvalue weighted by atomic mass is 127. The summed E-state index contributed by atoms with van der Waals surface area (Å²) in [7, 11) is 3.75. The first kappa shape index (κ1) is 18.1. The zero-order valence-electron chi connectivity index (χ0n) is 11.8. The van der Waals surface area contributed by atoms with E-state index in [0.717, 1.165) is 30.9 Å². The van der Waals surface area contributed by atoms with Gasteiger partial charge in [-0.3, -0.25) is 4.99 Å². The molecule has 1 N–H and O–H groups in total. The smallest absolute Gasteiger partial charge is 0.193 e. The lowest BCUT2D eigenvalue weighted by Crippen LogP contribution is -2.38. The van der Waals surface area contributed by atoms with Crippen molar-refractivity contribution in [1.82, 2.24) is 10.2 Å². The Balaban J connectivity index is 0.00000324. The van der Waals surface area contributed by atoms with Gasteiger partial charge in [0, 0.05) is 27.2 Å². The van der Waals surface area contributed by atoms with E-state index in [9.17, 15) is 4.39 Å². The van der Waals surface area contributed by atoms with E-state index in [1.54, 1.807) is 19.2 Å². The molecule has 1 aromatic carbocycles. The summed E-state index contributed by atoms with van der Waals surface area (Å²) in [6.07, 6.45) is 2.29. The molecule has 19 heavy (non-hydrogen) atoms. The molecule has 5 heteroatoms. The first-order valence-electron chi connectivity index (χ1n) is 6.33. The van der Waals surface area contributed by atoms with Gasteiger partial charge in [-0.25, -0.2) is 4.39 Å². The van der Waals surface area contributed by atoms with Crippen molar-refractivity contribution in [1.29, 1.82) is 0 Å². The lowest BCUT2D eigenvalue weighted by molar-refractivity contribution is 0.475. The summed E-state index contributed by atoms with van der Waals surface area (Å²) < 4.78 is 12.8. The summed E-state index contributed by atoms with van der Waals surface area (Å²) in [5, 5.41) is 3.30. The van der Waals surface area contributed by atoms with Gasteiger partial charge in [-0.05, 0) is 24.1 Å². The molecule has 0 amide bonds. The monoisotopic (exact) mass is 379 g/mol. The largest absolute Gasteiger partial charge is 0.356 e. The number of halogens is 2. The number of aliphatic imine (C=N–C) groups is 1. The summed E-state index contributed by atoms with van der Waals surface area (Å²) in [6.45, 7) is 3.80. The molecule has 3 nitrogen and oxygen atoms in total. The molecule has 0 heterocycles. The van der Waals surface area contributed by atoms with Gasteiger partial charge in [-0.2, -0.15) is 0 Å². The van der Waals surface area contributed by atoms with Gasteiger partial charge in [0.1, 0.15) is 5.82 Å². The van der Waals surface area contributed by atoms with Crippen LogP contribution in [-0.2, 0) is 6.54 Å². The van der Waals surface area contributed by atoms with Crippen LogP contribution in [0.1, 0.15) is 25.3 Å². The Morgan fingerprint density at radius 1 is 1.32 bits per heavy atom. The molecule has 0 fully saturated rings. The Labute approximate surface area is 132 Å². The third-order valence-corrected chi connectivity index (χ3v) is 2.72. The maximum Gasteiger partial charge on any atom is 0.193 e. The van der Waals surface area contributed by atoms with Gasteiger partial charge >= 0.3 is 0 Å². The van der Waals surface area contributed by atoms with Gasteiger partial charge in [0.05, 0.1) is 0 Å². The molecule has 0 radical (unpaired) electrons. The number of guanidine groups is 1. The van der Waals surface area contributed by atoms with Crippen LogP contribution in [-0.4, -0.2) is 31.5 Å². The minimum Gasteiger partial charge on any atom is -0.356 e. The fraction of sp³-hybridized carbons (Fsp3) is 0.500. The first-order valence-corrected chi connectivity index (χ1v) is 6.33. The molecule has 1 aromatic rings. The molecule has 0 bridgehead atoms. The predicted molar refractivity (Wildman–Crippen MR) is 89.6 cm³/mol. The van der Waals surface area contributed by atoms with Crippen LogP contribution in [0.2, 0.25) is 0 Å². The van der Waals surface area contributed by atoms with E-state index in [4.69, 9.17) is 0 Å². The lowest BCUT2D eigenvalue weighted by atomic mass is 10.2. The molecule has 0 saturated carbocycles. The van der Waals surface area contributed by atoms with Crippen LogP contribution in [0.25, 0.3) is 0 Å². The third kappa shape index (κ3) is 6.75. The van der Waals surface area contributed by atoms with E-state index in [2.05, 4.69) is 17.2 Å². The average molecular weight is 379 g/mol. The van der Waals surface area contributed by atoms with E-state index in [0.29, 0.717) is 6.54 Å². The quantitative estimate of drug-likeness (QED) is 0.368. The highest BCUT2D eigenvalue weighted by Gasteiger charge is 2.05. The number of unbranched alkanes of at least 4 members (excludes halogenated alkanes) is 1. The molecule has 0 spiro atoms. The van der Waals surface area contributed by atoms with Crippen molar-refractivity contribution in [3.63, 3.8) is 0 Å². The van der Waals surface area contributed by atoms with E-state index in [-0.39, 0.29) is 29.8 Å². The van der Waals surface area contributed by atoms with Gasteiger partial charge in [-0.1, -0.05) is 25.5 Å². The second-order valence-electron chi connectivity index (χ2n) is 4.31. The van der Waals surface area contributed by atoms with E-state index in [1.165, 1.54) is 12.1 Å². The van der Waals surface area contributed by atoms with Crippen LogP contribution < -0.4 is 5.32 Å². The van der Waals surface area contributed by atoms with Crippen LogP contribution in [0.4, 0.5) is 4.39 Å². The molecule has 0 aliphatic carbocycles. The third-order valence-electron chi connectivity index (χ3n) is 2.72. The van der Waals surface area contributed by atoms with Gasteiger partial charge in [0.25, 0.3) is 0 Å². The van der Waals surface area contributed by atoms with Gasteiger partial charge in [-0.15, -0.1) is 24.0 Å². The summed E-state index contributed by atoms with van der Waals surface area (Å²) in [5.41, 5.74) is 1.07. The number of rotatable bonds is 5. The summed E-state index contributed by atoms with van der Waals surface area (Å²) in [4.78, 5) is 6.26. The second-order valence-corrected chi connectivity index (χ2v) is 4.31. The minimum atomic E-state index is -0.202. The Hall–Kier alpha value is -0.850. The van der Waals surface area contributed by atoms with E-state index in [1.807, 2.05) is 11.9 Å². The van der Waals surface area contributed by atoms with Gasteiger partial charge in [0.15, 0.2) is 5.96 Å². The van der Waals surface area contributed by atoms with Crippen molar-refractivity contribution in [3.05, 3.63) is 35.6 Å². The molecule has 0 aliphatic heterocycles. The van der Waals surface area contributed by atoms with Gasteiger partial charge in [0.2, 0.25) is 0 Å². The zero-order chi connectivity index (χ0) is 13.4. The molecule has 108 valence electrons. The fourth-order valence-electron chi connectivity index (χ4n) is 1.70. The molecule has 0 aliphatic rings. The molecule has 0 aromatic heterocycles. The van der Waals surface area contributed by atoms with Crippen LogP contribution in [0, 0.1) is 5.82 Å². The predicted octanol–water partition coefficient (Wildman–Crippen LogP) is 3.25. The maximum atomic E-state index is 12.8. The zero-order valence-corrected chi connectivity index (χ0v) is 14.1. The molecule has 0 unspecified atom stereocenters. The SMILES string of the molecule is CCCCNC(=NC)N(C)Cc1ccc(F)cc1.I. The van der Waals surface area contributed by atoms with E-state index < -0.39 is 0 Å². The molecule has 1 rings (SSSR count). The summed E-state index contributed by atoms with van der Waals surface area (Å²) in [5.74, 6) is 0.666. The summed E-state index contributed by atoms with van der Waals surface area (Å²) in [6, 6.07) is 6.56. The number of hydrogen-bond acceptors (Lipinski definition) is 1. The van der Waals surface area contributed by atoms with Crippen LogP contribution in [0.15, 0.2) is 29.3 Å². The minimum absolute atomic E-state index is 0. The highest BCUT2D eigenvalue weighted by Crippen LogP contribution is 2.05. The first-order chi connectivity index (χ1) is 8.67. The molecular weight excluding hydrogens is 356 g/mol. The summed E-state index contributed by atoms with van der Waals surface area (Å²) >= 11 is 0. The van der Waals surface area contributed by atoms with Crippen LogP contribution in [0.3, 0.4) is 0 Å². The number of nitrogens with one attached hydrogen (secondary N) is 1. The number of nitrogens with zero attached hydrogens (tertiary/aromatic N) is 2.